The fraction of sp³-hybridized carbons (Fsp3) is 0.0870. The first-order chi connectivity index (χ1) is 13.8. The number of carbonyl (C=O) groups excluding carboxylic acids is 1. The second kappa shape index (κ2) is 8.12. The molecule has 4 nitrogen and oxygen atoms in total. The molecule has 0 aliphatic rings. The molecule has 1 aromatic heterocycles. The van der Waals surface area contributed by atoms with Crippen LogP contribution in [0.2, 0.25) is 0 Å². The van der Waals surface area contributed by atoms with Crippen LogP contribution in [0.25, 0.3) is 16.7 Å². The first-order valence-electron chi connectivity index (χ1n) is 8.91. The summed E-state index contributed by atoms with van der Waals surface area (Å²) in [7, 11) is 0. The van der Waals surface area contributed by atoms with E-state index in [0.29, 0.717) is 0 Å². The minimum Gasteiger partial charge on any atom is -0.297 e. The minimum atomic E-state index is -0.761. The van der Waals surface area contributed by atoms with Crippen LogP contribution in [-0.2, 0) is 4.79 Å². The van der Waals surface area contributed by atoms with Gasteiger partial charge in [-0.05, 0) is 29.8 Å². The van der Waals surface area contributed by atoms with Crippen LogP contribution in [0.1, 0.15) is 11.5 Å². The summed E-state index contributed by atoms with van der Waals surface area (Å²) in [4.78, 5) is 17.4. The Hall–Kier alpha value is -3.36. The number of nitriles is 1. The van der Waals surface area contributed by atoms with Crippen LogP contribution < -0.4 is 0 Å². The summed E-state index contributed by atoms with van der Waals surface area (Å²) >= 11 is 1.37. The summed E-state index contributed by atoms with van der Waals surface area (Å²) in [6.45, 7) is 0. The van der Waals surface area contributed by atoms with E-state index in [9.17, 15) is 10.1 Å². The predicted molar refractivity (Wildman–Crippen MR) is 112 cm³/mol. The molecular weight excluding hydrogens is 366 g/mol. The monoisotopic (exact) mass is 383 g/mol. The maximum Gasteiger partial charge on any atom is 0.174 e. The van der Waals surface area contributed by atoms with E-state index < -0.39 is 5.92 Å². The van der Waals surface area contributed by atoms with Crippen LogP contribution >= 0.6 is 11.8 Å². The van der Waals surface area contributed by atoms with E-state index in [4.69, 9.17) is 4.98 Å². The third kappa shape index (κ3) is 3.55. The highest BCUT2D eigenvalue weighted by atomic mass is 32.2. The Labute approximate surface area is 167 Å². The third-order valence-electron chi connectivity index (χ3n) is 4.47. The standard InChI is InChI=1S/C23H17N3OS/c24-15-19(17-9-3-1-4-10-17)22(27)16-28-23-25-20-13-7-8-14-21(20)26(23)18-11-5-2-6-12-18/h1-14,19H,16H2. The van der Waals surface area contributed by atoms with Crippen molar-refractivity contribution in [3.05, 3.63) is 90.5 Å². The number of aromatic nitrogens is 2. The molecular formula is C23H17N3OS. The van der Waals surface area contributed by atoms with Gasteiger partial charge in [-0.1, -0.05) is 72.4 Å². The molecule has 1 heterocycles. The number of Topliss-reactive ketones (excluding diaryl/α,β-unsaturated/α-hetero) is 1. The van der Waals surface area contributed by atoms with Crippen molar-refractivity contribution in [3.8, 4) is 11.8 Å². The third-order valence-corrected chi connectivity index (χ3v) is 5.43. The Kier molecular flexibility index (Phi) is 5.22. The van der Waals surface area contributed by atoms with Gasteiger partial charge < -0.3 is 0 Å². The van der Waals surface area contributed by atoms with E-state index in [2.05, 4.69) is 10.6 Å². The maximum atomic E-state index is 12.7. The van der Waals surface area contributed by atoms with Gasteiger partial charge in [-0.3, -0.25) is 9.36 Å². The van der Waals surface area contributed by atoms with Crippen LogP contribution in [-0.4, -0.2) is 21.1 Å². The van der Waals surface area contributed by atoms with Crippen molar-refractivity contribution < 1.29 is 4.79 Å². The average molecular weight is 383 g/mol. The van der Waals surface area contributed by atoms with Gasteiger partial charge in [0.05, 0.1) is 22.9 Å². The van der Waals surface area contributed by atoms with E-state index in [-0.39, 0.29) is 11.5 Å². The molecule has 0 N–H and O–H groups in total. The van der Waals surface area contributed by atoms with Crippen LogP contribution in [0, 0.1) is 11.3 Å². The number of hydrogen-bond donors (Lipinski definition) is 0. The van der Waals surface area contributed by atoms with Gasteiger partial charge in [-0.2, -0.15) is 5.26 Å². The highest BCUT2D eigenvalue weighted by Gasteiger charge is 2.21. The zero-order chi connectivity index (χ0) is 19.3. The van der Waals surface area contributed by atoms with Crippen LogP contribution in [0.15, 0.2) is 90.1 Å². The number of benzene rings is 3. The molecule has 5 heteroatoms. The Balaban J connectivity index is 1.64. The highest BCUT2D eigenvalue weighted by molar-refractivity contribution is 7.99. The van der Waals surface area contributed by atoms with Gasteiger partial charge >= 0.3 is 0 Å². The molecule has 28 heavy (non-hydrogen) atoms. The molecule has 0 aliphatic heterocycles. The molecule has 0 bridgehead atoms. The van der Waals surface area contributed by atoms with Crippen molar-refractivity contribution in [2.45, 2.75) is 11.1 Å². The summed E-state index contributed by atoms with van der Waals surface area (Å²) < 4.78 is 2.05. The Morgan fingerprint density at radius 2 is 1.61 bits per heavy atom. The molecule has 0 amide bonds. The van der Waals surface area contributed by atoms with E-state index in [1.54, 1.807) is 0 Å². The first kappa shape index (κ1) is 18.0. The molecule has 0 radical (unpaired) electrons. The fourth-order valence-corrected chi connectivity index (χ4v) is 4.06. The van der Waals surface area contributed by atoms with Crippen LogP contribution in [0.4, 0.5) is 0 Å². The number of para-hydroxylation sites is 3. The fourth-order valence-electron chi connectivity index (χ4n) is 3.12. The molecule has 136 valence electrons. The second-order valence-electron chi connectivity index (χ2n) is 6.28. The normalized spacial score (nSPS) is 11.8. The Morgan fingerprint density at radius 3 is 2.32 bits per heavy atom. The Bertz CT molecular complexity index is 1150. The average Bonchev–Trinajstić information content (AvgIpc) is 3.12. The Morgan fingerprint density at radius 1 is 0.964 bits per heavy atom. The van der Waals surface area contributed by atoms with E-state index in [0.717, 1.165) is 27.4 Å². The van der Waals surface area contributed by atoms with Gasteiger partial charge in [0, 0.05) is 5.69 Å². The van der Waals surface area contributed by atoms with Crippen molar-refractivity contribution in [1.82, 2.24) is 9.55 Å². The molecule has 0 saturated carbocycles. The molecule has 1 atom stereocenters. The second-order valence-corrected chi connectivity index (χ2v) is 7.22. The van der Waals surface area contributed by atoms with Gasteiger partial charge in [0.2, 0.25) is 0 Å². The SMILES string of the molecule is N#CC(C(=O)CSc1nc2ccccc2n1-c1ccccc1)c1ccccc1. The first-order valence-corrected chi connectivity index (χ1v) is 9.89. The lowest BCUT2D eigenvalue weighted by Gasteiger charge is -2.10. The number of ketones is 1. The number of carbonyl (C=O) groups is 1. The van der Waals surface area contributed by atoms with Gasteiger partial charge in [-0.15, -0.1) is 0 Å². The number of fused-ring (bicyclic) bond motifs is 1. The number of imidazole rings is 1. The number of nitrogens with zero attached hydrogens (tertiary/aromatic N) is 3. The van der Waals surface area contributed by atoms with Crippen LogP contribution in [0.5, 0.6) is 0 Å². The molecule has 1 unspecified atom stereocenters. The lowest BCUT2D eigenvalue weighted by Crippen LogP contribution is -2.13. The zero-order valence-electron chi connectivity index (χ0n) is 15.0. The van der Waals surface area contributed by atoms with Gasteiger partial charge in [0.1, 0.15) is 5.92 Å². The zero-order valence-corrected chi connectivity index (χ0v) is 15.8. The molecule has 0 fully saturated rings. The maximum absolute atomic E-state index is 12.7. The summed E-state index contributed by atoms with van der Waals surface area (Å²) in [6.07, 6.45) is 0. The van der Waals surface area contributed by atoms with E-state index >= 15 is 0 Å². The molecule has 0 aliphatic carbocycles. The largest absolute Gasteiger partial charge is 0.297 e. The summed E-state index contributed by atoms with van der Waals surface area (Å²) in [5.41, 5.74) is 3.59. The minimum absolute atomic E-state index is 0.120. The van der Waals surface area contributed by atoms with Crippen molar-refractivity contribution in [2.75, 3.05) is 5.75 Å². The van der Waals surface area contributed by atoms with Gasteiger partial charge in [0.15, 0.2) is 10.9 Å². The van der Waals surface area contributed by atoms with Crippen molar-refractivity contribution in [1.29, 1.82) is 5.26 Å². The van der Waals surface area contributed by atoms with Crippen molar-refractivity contribution >= 4 is 28.6 Å². The number of hydrogen-bond acceptors (Lipinski definition) is 4. The lowest BCUT2D eigenvalue weighted by molar-refractivity contribution is -0.116. The van der Waals surface area contributed by atoms with Crippen LogP contribution in [0.3, 0.4) is 0 Å². The van der Waals surface area contributed by atoms with Crippen molar-refractivity contribution in [3.63, 3.8) is 0 Å². The molecule has 3 aromatic carbocycles. The van der Waals surface area contributed by atoms with E-state index in [1.807, 2.05) is 84.9 Å². The summed E-state index contributed by atoms with van der Waals surface area (Å²) in [5.74, 6) is -0.697. The quantitative estimate of drug-likeness (QED) is 0.440. The number of thioether (sulfide) groups is 1. The van der Waals surface area contributed by atoms with Gasteiger partial charge in [-0.25, -0.2) is 4.98 Å². The topological polar surface area (TPSA) is 58.7 Å². The van der Waals surface area contributed by atoms with Crippen molar-refractivity contribution in [2.24, 2.45) is 0 Å². The predicted octanol–water partition coefficient (Wildman–Crippen LogP) is 4.99. The smallest absolute Gasteiger partial charge is 0.174 e. The van der Waals surface area contributed by atoms with E-state index in [1.165, 1.54) is 11.8 Å². The molecule has 4 rings (SSSR count). The molecule has 0 saturated heterocycles. The molecule has 4 aromatic rings. The highest BCUT2D eigenvalue weighted by Crippen LogP contribution is 2.29. The van der Waals surface area contributed by atoms with Gasteiger partial charge in [0.25, 0.3) is 0 Å². The molecule has 0 spiro atoms. The lowest BCUT2D eigenvalue weighted by atomic mass is 9.97. The summed E-state index contributed by atoms with van der Waals surface area (Å²) in [6, 6.07) is 29.2. The summed E-state index contributed by atoms with van der Waals surface area (Å²) in [5, 5.41) is 10.2. The number of rotatable bonds is 6.